The van der Waals surface area contributed by atoms with Crippen molar-refractivity contribution < 1.29 is 4.79 Å². The molecule has 0 radical (unpaired) electrons. The Bertz CT molecular complexity index is 791. The van der Waals surface area contributed by atoms with Crippen molar-refractivity contribution in [1.29, 1.82) is 0 Å². The van der Waals surface area contributed by atoms with Crippen LogP contribution in [0.3, 0.4) is 0 Å². The number of hydrogen-bond donors (Lipinski definition) is 2. The number of anilines is 1. The van der Waals surface area contributed by atoms with Crippen LogP contribution < -0.4 is 11.1 Å². The lowest BCUT2D eigenvalue weighted by atomic mass is 9.86. The van der Waals surface area contributed by atoms with Gasteiger partial charge in [-0.2, -0.15) is 0 Å². The van der Waals surface area contributed by atoms with Crippen LogP contribution in [0.2, 0.25) is 0 Å². The summed E-state index contributed by atoms with van der Waals surface area (Å²) < 4.78 is 0. The molecule has 4 rings (SSSR count). The molecule has 1 aliphatic heterocycles. The number of nitrogens with zero attached hydrogens (tertiary/aromatic N) is 1. The highest BCUT2D eigenvalue weighted by molar-refractivity contribution is 5.83. The molecule has 1 amide bonds. The largest absolute Gasteiger partial charge is 0.399 e. The van der Waals surface area contributed by atoms with E-state index in [2.05, 4.69) is 48.3 Å². The van der Waals surface area contributed by atoms with Gasteiger partial charge < -0.3 is 11.1 Å². The van der Waals surface area contributed by atoms with Gasteiger partial charge in [0.1, 0.15) is 0 Å². The van der Waals surface area contributed by atoms with Gasteiger partial charge in [0.15, 0.2) is 0 Å². The molecule has 1 aromatic carbocycles. The second-order valence-electron chi connectivity index (χ2n) is 9.05. The maximum Gasteiger partial charge on any atom is 0.237 e. The van der Waals surface area contributed by atoms with Crippen molar-refractivity contribution in [3.63, 3.8) is 0 Å². The molecule has 0 saturated carbocycles. The molecule has 1 heterocycles. The summed E-state index contributed by atoms with van der Waals surface area (Å²) in [4.78, 5) is 15.7. The van der Waals surface area contributed by atoms with E-state index in [1.165, 1.54) is 24.0 Å². The first-order chi connectivity index (χ1) is 14.1. The average Bonchev–Trinajstić information content (AvgIpc) is 3.16. The lowest BCUT2D eigenvalue weighted by Crippen LogP contribution is -2.63. The van der Waals surface area contributed by atoms with E-state index in [4.69, 9.17) is 5.73 Å². The molecule has 1 saturated heterocycles. The number of amides is 1. The van der Waals surface area contributed by atoms with E-state index in [1.54, 1.807) is 5.57 Å². The second kappa shape index (κ2) is 8.74. The average molecular weight is 394 g/mol. The number of carbonyl (C=O) groups is 1. The minimum Gasteiger partial charge on any atom is -0.399 e. The zero-order valence-electron chi connectivity index (χ0n) is 17.9. The third-order valence-electron chi connectivity index (χ3n) is 7.23. The van der Waals surface area contributed by atoms with Crippen molar-refractivity contribution in [1.82, 2.24) is 10.2 Å². The molecule has 29 heavy (non-hydrogen) atoms. The molecule has 4 heteroatoms. The Kier molecular flexibility index (Phi) is 6.09. The fourth-order valence-corrected chi connectivity index (χ4v) is 5.54. The van der Waals surface area contributed by atoms with Gasteiger partial charge in [-0.05, 0) is 60.8 Å². The van der Waals surface area contributed by atoms with Gasteiger partial charge in [-0.25, -0.2) is 0 Å². The van der Waals surface area contributed by atoms with Gasteiger partial charge in [-0.15, -0.1) is 0 Å². The molecule has 4 nitrogen and oxygen atoms in total. The van der Waals surface area contributed by atoms with Crippen LogP contribution in [0.5, 0.6) is 0 Å². The maximum absolute atomic E-state index is 13.3. The van der Waals surface area contributed by atoms with Crippen LogP contribution in [0.25, 0.3) is 0 Å². The maximum atomic E-state index is 13.3. The Balaban J connectivity index is 1.53. The summed E-state index contributed by atoms with van der Waals surface area (Å²) in [5.41, 5.74) is 11.0. The van der Waals surface area contributed by atoms with E-state index in [1.807, 2.05) is 12.1 Å². The number of carbonyl (C=O) groups excluding carboxylic acids is 1. The molecule has 1 fully saturated rings. The van der Waals surface area contributed by atoms with Crippen LogP contribution in [0.4, 0.5) is 5.69 Å². The SMILES string of the molecule is CCC(CC)[C@@H]1C(=O)N[C@H](C2CC3=C(CCC=C3)C2)CN1Cc1ccc(N)cc1. The zero-order valence-corrected chi connectivity index (χ0v) is 17.9. The third kappa shape index (κ3) is 4.28. The van der Waals surface area contributed by atoms with Crippen molar-refractivity contribution >= 4 is 11.6 Å². The number of benzene rings is 1. The molecular formula is C25H35N3O. The van der Waals surface area contributed by atoms with Crippen LogP contribution in [0, 0.1) is 11.8 Å². The van der Waals surface area contributed by atoms with Crippen molar-refractivity contribution in [3.8, 4) is 0 Å². The monoisotopic (exact) mass is 393 g/mol. The highest BCUT2D eigenvalue weighted by atomic mass is 16.2. The highest BCUT2D eigenvalue weighted by Gasteiger charge is 2.42. The molecule has 0 bridgehead atoms. The Morgan fingerprint density at radius 2 is 1.93 bits per heavy atom. The number of rotatable bonds is 6. The van der Waals surface area contributed by atoms with E-state index >= 15 is 0 Å². The predicted octanol–water partition coefficient (Wildman–Crippen LogP) is 4.43. The second-order valence-corrected chi connectivity index (χ2v) is 9.05. The van der Waals surface area contributed by atoms with E-state index in [0.29, 0.717) is 11.8 Å². The fraction of sp³-hybridized carbons (Fsp3) is 0.560. The van der Waals surface area contributed by atoms with Gasteiger partial charge in [0.05, 0.1) is 6.04 Å². The van der Waals surface area contributed by atoms with Crippen molar-refractivity contribution in [2.24, 2.45) is 11.8 Å². The van der Waals surface area contributed by atoms with Crippen LogP contribution >= 0.6 is 0 Å². The molecular weight excluding hydrogens is 358 g/mol. The molecule has 2 aliphatic carbocycles. The minimum absolute atomic E-state index is 0.0392. The summed E-state index contributed by atoms with van der Waals surface area (Å²) in [7, 11) is 0. The van der Waals surface area contributed by atoms with E-state index < -0.39 is 0 Å². The molecule has 1 aromatic rings. The van der Waals surface area contributed by atoms with E-state index in [0.717, 1.165) is 44.5 Å². The molecule has 3 atom stereocenters. The van der Waals surface area contributed by atoms with Crippen molar-refractivity contribution in [2.75, 3.05) is 12.3 Å². The van der Waals surface area contributed by atoms with Gasteiger partial charge in [0, 0.05) is 24.8 Å². The summed E-state index contributed by atoms with van der Waals surface area (Å²) in [6.45, 7) is 6.16. The number of piperazine rings is 1. The first-order valence-corrected chi connectivity index (χ1v) is 11.3. The Morgan fingerprint density at radius 1 is 1.17 bits per heavy atom. The van der Waals surface area contributed by atoms with Gasteiger partial charge in [-0.1, -0.05) is 56.5 Å². The minimum atomic E-state index is -0.0392. The number of nitrogen functional groups attached to an aromatic ring is 1. The number of nitrogens with one attached hydrogen (secondary N) is 1. The Morgan fingerprint density at radius 3 is 2.62 bits per heavy atom. The smallest absolute Gasteiger partial charge is 0.237 e. The zero-order chi connectivity index (χ0) is 20.4. The van der Waals surface area contributed by atoms with Crippen LogP contribution in [0.1, 0.15) is 57.9 Å². The third-order valence-corrected chi connectivity index (χ3v) is 7.23. The standard InChI is InChI=1S/C25H35N3O/c1-3-18(4-2)24-25(29)27-23(21-13-19-7-5-6-8-20(19)14-21)16-28(24)15-17-9-11-22(26)12-10-17/h5,7,9-12,18,21,23-24H,3-4,6,8,13-16,26H2,1-2H3,(H,27,29)/t21?,23-,24+/m0/s1. The quantitative estimate of drug-likeness (QED) is 0.703. The summed E-state index contributed by atoms with van der Waals surface area (Å²) in [5.74, 6) is 1.15. The van der Waals surface area contributed by atoms with E-state index in [9.17, 15) is 4.79 Å². The molecule has 1 unspecified atom stereocenters. The molecule has 3 N–H and O–H groups in total. The molecule has 156 valence electrons. The summed E-state index contributed by atoms with van der Waals surface area (Å²) >= 11 is 0. The van der Waals surface area contributed by atoms with Gasteiger partial charge >= 0.3 is 0 Å². The van der Waals surface area contributed by atoms with Gasteiger partial charge in [0.2, 0.25) is 5.91 Å². The van der Waals surface area contributed by atoms with Gasteiger partial charge in [0.25, 0.3) is 0 Å². The molecule has 3 aliphatic rings. The van der Waals surface area contributed by atoms with Crippen LogP contribution in [-0.4, -0.2) is 29.4 Å². The molecule has 0 spiro atoms. The van der Waals surface area contributed by atoms with Crippen LogP contribution in [0.15, 0.2) is 47.6 Å². The van der Waals surface area contributed by atoms with Gasteiger partial charge in [-0.3, -0.25) is 9.69 Å². The summed E-state index contributed by atoms with van der Waals surface area (Å²) in [6.07, 6.45) is 11.3. The fourth-order valence-electron chi connectivity index (χ4n) is 5.54. The lowest BCUT2D eigenvalue weighted by molar-refractivity contribution is -0.134. The summed E-state index contributed by atoms with van der Waals surface area (Å²) in [5, 5.41) is 3.44. The molecule has 0 aromatic heterocycles. The topological polar surface area (TPSA) is 58.4 Å². The Labute approximate surface area is 175 Å². The van der Waals surface area contributed by atoms with Crippen molar-refractivity contribution in [2.45, 2.75) is 71.0 Å². The highest BCUT2D eigenvalue weighted by Crippen LogP contribution is 2.40. The number of nitrogens with two attached hydrogens (primary N) is 1. The first kappa shape index (κ1) is 20.2. The first-order valence-electron chi connectivity index (χ1n) is 11.3. The number of allylic oxidation sites excluding steroid dienone is 4. The summed E-state index contributed by atoms with van der Waals surface area (Å²) in [6, 6.07) is 8.32. The normalized spacial score (nSPS) is 27.4. The Hall–Kier alpha value is -2.07. The van der Waals surface area contributed by atoms with Crippen molar-refractivity contribution in [3.05, 3.63) is 53.1 Å². The van der Waals surface area contributed by atoms with E-state index in [-0.39, 0.29) is 18.0 Å². The lowest BCUT2D eigenvalue weighted by Gasteiger charge is -2.44. The predicted molar refractivity (Wildman–Crippen MR) is 119 cm³/mol. The van der Waals surface area contributed by atoms with Crippen LogP contribution in [-0.2, 0) is 11.3 Å². The number of hydrogen-bond acceptors (Lipinski definition) is 3.